The summed E-state index contributed by atoms with van der Waals surface area (Å²) in [6.07, 6.45) is 5.85. The first-order chi connectivity index (χ1) is 15.2. The Morgan fingerprint density at radius 3 is 1.87 bits per heavy atom. The van der Waals surface area contributed by atoms with Crippen LogP contribution in [0.5, 0.6) is 0 Å². The molecule has 0 N–H and O–H groups in total. The van der Waals surface area contributed by atoms with E-state index in [1.54, 1.807) is 12.1 Å². The van der Waals surface area contributed by atoms with E-state index >= 15 is 0 Å². The van der Waals surface area contributed by atoms with Gasteiger partial charge in [0.2, 0.25) is 0 Å². The van der Waals surface area contributed by atoms with Gasteiger partial charge in [-0.25, -0.2) is 0 Å². The van der Waals surface area contributed by atoms with Gasteiger partial charge in [-0.3, -0.25) is 0 Å². The number of nitrogens with zero attached hydrogens (tertiary/aromatic N) is 1. The summed E-state index contributed by atoms with van der Waals surface area (Å²) >= 11 is 0. The predicted molar refractivity (Wildman–Crippen MR) is 129 cm³/mol. The Kier molecular flexibility index (Phi) is 8.12. The van der Waals surface area contributed by atoms with Gasteiger partial charge in [0.15, 0.2) is 0 Å². The Morgan fingerprint density at radius 1 is 0.645 bits per heavy atom. The number of benzene rings is 3. The summed E-state index contributed by atoms with van der Waals surface area (Å²) in [6.45, 7) is 4.38. The summed E-state index contributed by atoms with van der Waals surface area (Å²) in [5.41, 5.74) is 7.22. The van der Waals surface area contributed by atoms with E-state index in [9.17, 15) is 0 Å². The molecular formula is C30H27N. The average Bonchev–Trinajstić information content (AvgIpc) is 2.83. The lowest BCUT2D eigenvalue weighted by Gasteiger charge is -2.03. The summed E-state index contributed by atoms with van der Waals surface area (Å²) in [4.78, 5) is 0. The van der Waals surface area contributed by atoms with Crippen LogP contribution in [0.1, 0.15) is 72.1 Å². The summed E-state index contributed by atoms with van der Waals surface area (Å²) in [7, 11) is 0. The molecule has 0 atom stereocenters. The fourth-order valence-corrected chi connectivity index (χ4v) is 3.33. The predicted octanol–water partition coefficient (Wildman–Crippen LogP) is 6.65. The number of unbranched alkanes of at least 4 members (excludes halogenated alkanes) is 2. The van der Waals surface area contributed by atoms with Gasteiger partial charge in [0.05, 0.1) is 11.6 Å². The zero-order valence-corrected chi connectivity index (χ0v) is 18.3. The van der Waals surface area contributed by atoms with Crippen molar-refractivity contribution in [3.05, 3.63) is 106 Å². The third kappa shape index (κ3) is 6.64. The van der Waals surface area contributed by atoms with Gasteiger partial charge in [0, 0.05) is 22.3 Å². The van der Waals surface area contributed by atoms with Crippen molar-refractivity contribution in [3.63, 3.8) is 0 Å². The van der Waals surface area contributed by atoms with Crippen molar-refractivity contribution >= 4 is 0 Å². The molecule has 0 heterocycles. The number of hydrogen-bond acceptors (Lipinski definition) is 1. The molecule has 3 rings (SSSR count). The van der Waals surface area contributed by atoms with Crippen LogP contribution in [0.25, 0.3) is 0 Å². The van der Waals surface area contributed by atoms with Crippen molar-refractivity contribution in [2.45, 2.75) is 46.0 Å². The summed E-state index contributed by atoms with van der Waals surface area (Å²) in [5, 5.41) is 8.89. The second-order valence-electron chi connectivity index (χ2n) is 7.57. The van der Waals surface area contributed by atoms with E-state index in [1.165, 1.54) is 30.4 Å². The molecular weight excluding hydrogens is 374 g/mol. The Labute approximate surface area is 186 Å². The largest absolute Gasteiger partial charge is 0.192 e. The molecule has 0 aliphatic rings. The van der Waals surface area contributed by atoms with Crippen molar-refractivity contribution in [3.8, 4) is 29.8 Å². The van der Waals surface area contributed by atoms with Crippen LogP contribution >= 0.6 is 0 Å². The number of hydrogen-bond donors (Lipinski definition) is 0. The zero-order chi connectivity index (χ0) is 21.9. The van der Waals surface area contributed by atoms with Crippen LogP contribution in [-0.4, -0.2) is 0 Å². The molecule has 0 bridgehead atoms. The lowest BCUT2D eigenvalue weighted by Crippen LogP contribution is -1.90. The lowest BCUT2D eigenvalue weighted by molar-refractivity contribution is 0.717. The summed E-state index contributed by atoms with van der Waals surface area (Å²) in [6, 6.07) is 24.3. The van der Waals surface area contributed by atoms with Crippen molar-refractivity contribution in [1.29, 1.82) is 5.26 Å². The Morgan fingerprint density at radius 2 is 1.23 bits per heavy atom. The molecule has 31 heavy (non-hydrogen) atoms. The fourth-order valence-electron chi connectivity index (χ4n) is 3.33. The summed E-state index contributed by atoms with van der Waals surface area (Å²) in [5.74, 6) is 13.0. The number of rotatable bonds is 5. The van der Waals surface area contributed by atoms with E-state index in [0.717, 1.165) is 35.1 Å². The lowest BCUT2D eigenvalue weighted by atomic mass is 10.0. The quantitative estimate of drug-likeness (QED) is 0.347. The maximum Gasteiger partial charge on any atom is 0.0991 e. The SMILES string of the molecule is CCCCCc1ccc(C#Cc2ccc(C#Cc3ccc(C#N)cc3)cc2CC)cc1. The molecule has 0 amide bonds. The molecule has 0 aromatic heterocycles. The topological polar surface area (TPSA) is 23.8 Å². The Bertz CT molecular complexity index is 1170. The Hall–Kier alpha value is -3.73. The van der Waals surface area contributed by atoms with Crippen molar-refractivity contribution in [2.24, 2.45) is 0 Å². The van der Waals surface area contributed by atoms with Crippen molar-refractivity contribution < 1.29 is 0 Å². The van der Waals surface area contributed by atoms with Gasteiger partial charge in [-0.1, -0.05) is 62.5 Å². The minimum atomic E-state index is 0.646. The third-order valence-electron chi connectivity index (χ3n) is 5.22. The van der Waals surface area contributed by atoms with Gasteiger partial charge in [0.25, 0.3) is 0 Å². The van der Waals surface area contributed by atoms with Gasteiger partial charge in [-0.2, -0.15) is 5.26 Å². The molecule has 1 nitrogen and oxygen atoms in total. The molecule has 152 valence electrons. The molecule has 3 aromatic rings. The van der Waals surface area contributed by atoms with Crippen LogP contribution in [0.3, 0.4) is 0 Å². The molecule has 1 heteroatoms. The molecule has 0 saturated carbocycles. The Balaban J connectivity index is 1.72. The van der Waals surface area contributed by atoms with E-state index < -0.39 is 0 Å². The first kappa shape index (κ1) is 22.0. The standard InChI is InChI=1S/C30H27N/c1-3-5-6-7-24-8-10-26(11-9-24)18-20-30-21-19-27(22-29(30)4-2)15-12-25-13-16-28(23-31)17-14-25/h8-11,13-14,16-17,19,21-22H,3-7H2,1-2H3. The highest BCUT2D eigenvalue weighted by atomic mass is 14.2. The van der Waals surface area contributed by atoms with Gasteiger partial charge >= 0.3 is 0 Å². The van der Waals surface area contributed by atoms with Crippen LogP contribution in [0.4, 0.5) is 0 Å². The highest BCUT2D eigenvalue weighted by Gasteiger charge is 2.00. The smallest absolute Gasteiger partial charge is 0.0991 e. The van der Waals surface area contributed by atoms with Gasteiger partial charge in [-0.15, -0.1) is 0 Å². The third-order valence-corrected chi connectivity index (χ3v) is 5.22. The van der Waals surface area contributed by atoms with E-state index in [-0.39, 0.29) is 0 Å². The second kappa shape index (κ2) is 11.5. The number of nitriles is 1. The minimum Gasteiger partial charge on any atom is -0.192 e. The molecule has 0 spiro atoms. The maximum atomic E-state index is 8.89. The molecule has 0 radical (unpaired) electrons. The zero-order valence-electron chi connectivity index (χ0n) is 18.3. The molecule has 0 unspecified atom stereocenters. The van der Waals surface area contributed by atoms with E-state index in [1.807, 2.05) is 18.2 Å². The second-order valence-corrected chi connectivity index (χ2v) is 7.57. The normalized spacial score (nSPS) is 9.71. The van der Waals surface area contributed by atoms with Crippen LogP contribution in [0.15, 0.2) is 66.7 Å². The van der Waals surface area contributed by atoms with E-state index in [4.69, 9.17) is 5.26 Å². The highest BCUT2D eigenvalue weighted by Crippen LogP contribution is 2.13. The molecule has 0 fully saturated rings. The maximum absolute atomic E-state index is 8.89. The van der Waals surface area contributed by atoms with Crippen LogP contribution in [0, 0.1) is 35.0 Å². The van der Waals surface area contributed by atoms with Gasteiger partial charge in [-0.05, 0) is 85.0 Å². The molecule has 0 saturated heterocycles. The van der Waals surface area contributed by atoms with E-state index in [2.05, 4.69) is 80.0 Å². The monoisotopic (exact) mass is 401 g/mol. The highest BCUT2D eigenvalue weighted by molar-refractivity contribution is 5.52. The van der Waals surface area contributed by atoms with Gasteiger partial charge in [0.1, 0.15) is 0 Å². The van der Waals surface area contributed by atoms with E-state index in [0.29, 0.717) is 5.56 Å². The van der Waals surface area contributed by atoms with Crippen LogP contribution in [0.2, 0.25) is 0 Å². The van der Waals surface area contributed by atoms with Crippen LogP contribution < -0.4 is 0 Å². The fraction of sp³-hybridized carbons (Fsp3) is 0.233. The summed E-state index contributed by atoms with van der Waals surface area (Å²) < 4.78 is 0. The minimum absolute atomic E-state index is 0.646. The molecule has 0 aliphatic carbocycles. The molecule has 3 aromatic carbocycles. The number of aryl methyl sites for hydroxylation is 2. The van der Waals surface area contributed by atoms with Crippen molar-refractivity contribution in [1.82, 2.24) is 0 Å². The first-order valence-electron chi connectivity index (χ1n) is 11.0. The van der Waals surface area contributed by atoms with Crippen LogP contribution in [-0.2, 0) is 12.8 Å². The first-order valence-corrected chi connectivity index (χ1v) is 11.0. The average molecular weight is 402 g/mol. The van der Waals surface area contributed by atoms with Crippen molar-refractivity contribution in [2.75, 3.05) is 0 Å². The molecule has 0 aliphatic heterocycles. The van der Waals surface area contributed by atoms with Gasteiger partial charge < -0.3 is 0 Å².